The van der Waals surface area contributed by atoms with Crippen molar-refractivity contribution in [2.45, 2.75) is 32.4 Å². The third-order valence-corrected chi connectivity index (χ3v) is 6.51. The Labute approximate surface area is 143 Å². The number of amides is 1. The van der Waals surface area contributed by atoms with E-state index in [4.69, 9.17) is 0 Å². The van der Waals surface area contributed by atoms with Gasteiger partial charge in [0.2, 0.25) is 5.91 Å². The Bertz CT molecular complexity index is 718. The van der Waals surface area contributed by atoms with E-state index in [1.54, 1.807) is 0 Å². The monoisotopic (exact) mass is 351 g/mol. The number of carbonyl (C=O) groups excluding carboxylic acids is 1. The van der Waals surface area contributed by atoms with Crippen molar-refractivity contribution in [2.24, 2.45) is 0 Å². The predicted molar refractivity (Wildman–Crippen MR) is 94.8 cm³/mol. The molecule has 0 bridgehead atoms. The molecule has 0 radical (unpaired) electrons. The molecular weight excluding hydrogens is 326 g/mol. The zero-order valence-corrected chi connectivity index (χ0v) is 14.9. The number of hydrogen-bond donors (Lipinski definition) is 2. The minimum atomic E-state index is -2.97. The van der Waals surface area contributed by atoms with Gasteiger partial charge in [-0.3, -0.25) is 9.69 Å². The second kappa shape index (κ2) is 7.11. The molecule has 132 valence electrons. The third kappa shape index (κ3) is 4.08. The number of likely N-dealkylation sites (N-methyl/N-ethyl adjacent to an activating group) is 1. The summed E-state index contributed by atoms with van der Waals surface area (Å²) in [4.78, 5) is 14.3. The van der Waals surface area contributed by atoms with Crippen molar-refractivity contribution in [3.8, 4) is 0 Å². The summed E-state index contributed by atoms with van der Waals surface area (Å²) in [5, 5.41) is 6.29. The molecule has 0 spiro atoms. The van der Waals surface area contributed by atoms with E-state index in [0.29, 0.717) is 13.0 Å². The van der Waals surface area contributed by atoms with Crippen LogP contribution < -0.4 is 10.6 Å². The molecule has 7 heteroatoms. The van der Waals surface area contributed by atoms with E-state index >= 15 is 0 Å². The summed E-state index contributed by atoms with van der Waals surface area (Å²) in [5.41, 5.74) is 3.76. The summed E-state index contributed by atoms with van der Waals surface area (Å²) in [5.74, 6) is 0.151. The maximum Gasteiger partial charge on any atom is 0.234 e. The minimum Gasteiger partial charge on any atom is -0.384 e. The van der Waals surface area contributed by atoms with Gasteiger partial charge in [0.15, 0.2) is 9.84 Å². The van der Waals surface area contributed by atoms with Crippen LogP contribution in [-0.4, -0.2) is 56.4 Å². The van der Waals surface area contributed by atoms with Crippen LogP contribution in [0.5, 0.6) is 0 Å². The van der Waals surface area contributed by atoms with Crippen LogP contribution >= 0.6 is 0 Å². The molecule has 1 unspecified atom stereocenters. The molecule has 0 aromatic heterocycles. The lowest BCUT2D eigenvalue weighted by atomic mass is 10.1. The molecule has 0 saturated carbocycles. The Hall–Kier alpha value is -1.60. The lowest BCUT2D eigenvalue weighted by Gasteiger charge is -2.22. The summed E-state index contributed by atoms with van der Waals surface area (Å²) in [7, 11) is -2.97. The fourth-order valence-electron chi connectivity index (χ4n) is 3.45. The zero-order valence-electron chi connectivity index (χ0n) is 14.0. The Kier molecular flexibility index (Phi) is 5.10. The fraction of sp³-hybridized carbons (Fsp3) is 0.588. The van der Waals surface area contributed by atoms with Crippen molar-refractivity contribution in [1.29, 1.82) is 0 Å². The first-order valence-electron chi connectivity index (χ1n) is 8.53. The molecule has 2 aliphatic heterocycles. The first-order chi connectivity index (χ1) is 11.5. The maximum atomic E-state index is 12.2. The molecule has 0 aliphatic carbocycles. The van der Waals surface area contributed by atoms with E-state index in [1.807, 2.05) is 6.92 Å². The molecular formula is C17H25N3O3S. The van der Waals surface area contributed by atoms with Crippen LogP contribution in [0.3, 0.4) is 0 Å². The Morgan fingerprint density at radius 1 is 1.42 bits per heavy atom. The molecule has 2 heterocycles. The van der Waals surface area contributed by atoms with Crippen molar-refractivity contribution in [3.63, 3.8) is 0 Å². The summed E-state index contributed by atoms with van der Waals surface area (Å²) >= 11 is 0. The van der Waals surface area contributed by atoms with E-state index in [-0.39, 0.29) is 30.0 Å². The highest BCUT2D eigenvalue weighted by atomic mass is 32.2. The normalized spacial score (nSPS) is 21.5. The first-order valence-corrected chi connectivity index (χ1v) is 10.4. The van der Waals surface area contributed by atoms with Crippen LogP contribution in [-0.2, 0) is 27.6 Å². The maximum absolute atomic E-state index is 12.2. The summed E-state index contributed by atoms with van der Waals surface area (Å²) in [6.45, 7) is 4.76. The van der Waals surface area contributed by atoms with Crippen LogP contribution in [0.4, 0.5) is 5.69 Å². The van der Waals surface area contributed by atoms with Gasteiger partial charge in [-0.2, -0.15) is 0 Å². The largest absolute Gasteiger partial charge is 0.384 e. The van der Waals surface area contributed by atoms with Crippen molar-refractivity contribution in [1.82, 2.24) is 10.2 Å². The number of nitrogens with one attached hydrogen (secondary N) is 2. The first kappa shape index (κ1) is 17.2. The van der Waals surface area contributed by atoms with Gasteiger partial charge in [-0.05, 0) is 30.5 Å². The van der Waals surface area contributed by atoms with Gasteiger partial charge < -0.3 is 10.6 Å². The molecule has 1 aromatic rings. The number of para-hydroxylation sites is 1. The van der Waals surface area contributed by atoms with Crippen LogP contribution in [0.1, 0.15) is 24.5 Å². The van der Waals surface area contributed by atoms with Gasteiger partial charge in [-0.25, -0.2) is 8.42 Å². The van der Waals surface area contributed by atoms with Crippen molar-refractivity contribution in [3.05, 3.63) is 29.3 Å². The highest BCUT2D eigenvalue weighted by molar-refractivity contribution is 7.91. The molecule has 2 aliphatic rings. The lowest BCUT2D eigenvalue weighted by molar-refractivity contribution is -0.122. The molecule has 1 amide bonds. The van der Waals surface area contributed by atoms with Gasteiger partial charge in [-0.1, -0.05) is 25.1 Å². The van der Waals surface area contributed by atoms with Gasteiger partial charge in [0.05, 0.1) is 18.1 Å². The van der Waals surface area contributed by atoms with Gasteiger partial charge in [0.25, 0.3) is 0 Å². The molecule has 2 N–H and O–H groups in total. The van der Waals surface area contributed by atoms with E-state index in [9.17, 15) is 13.2 Å². The Morgan fingerprint density at radius 3 is 2.96 bits per heavy atom. The number of nitrogens with zero attached hydrogens (tertiary/aromatic N) is 1. The van der Waals surface area contributed by atoms with E-state index in [1.165, 1.54) is 16.8 Å². The quantitative estimate of drug-likeness (QED) is 0.792. The van der Waals surface area contributed by atoms with Crippen molar-refractivity contribution in [2.75, 3.05) is 36.5 Å². The minimum absolute atomic E-state index is 0.0704. The number of anilines is 1. The number of sulfone groups is 1. The van der Waals surface area contributed by atoms with Gasteiger partial charge in [0.1, 0.15) is 0 Å². The molecule has 1 saturated heterocycles. The fourth-order valence-corrected chi connectivity index (χ4v) is 5.12. The third-order valence-electron chi connectivity index (χ3n) is 4.74. The second-order valence-corrected chi connectivity index (χ2v) is 8.83. The van der Waals surface area contributed by atoms with Crippen molar-refractivity contribution >= 4 is 21.4 Å². The number of rotatable bonds is 6. The smallest absolute Gasteiger partial charge is 0.234 e. The number of hydrogen-bond acceptors (Lipinski definition) is 5. The van der Waals surface area contributed by atoms with E-state index < -0.39 is 9.84 Å². The molecule has 3 rings (SSSR count). The molecule has 24 heavy (non-hydrogen) atoms. The zero-order chi connectivity index (χ0) is 17.2. The molecule has 6 nitrogen and oxygen atoms in total. The van der Waals surface area contributed by atoms with Crippen LogP contribution in [0.25, 0.3) is 0 Å². The summed E-state index contributed by atoms with van der Waals surface area (Å²) in [6.07, 6.45) is 1.57. The standard InChI is InChI=1S/C17H25N3O3S/c1-2-20(10-14-5-3-4-13-6-8-18-17(13)14)11-16(21)19-15-7-9-24(22,23)12-15/h3-5,15,18H,2,6-12H2,1H3,(H,19,21). The second-order valence-electron chi connectivity index (χ2n) is 6.60. The number of benzene rings is 1. The summed E-state index contributed by atoms with van der Waals surface area (Å²) < 4.78 is 23.0. The average molecular weight is 351 g/mol. The Morgan fingerprint density at radius 2 is 2.25 bits per heavy atom. The molecule has 1 fully saturated rings. The highest BCUT2D eigenvalue weighted by Crippen LogP contribution is 2.27. The predicted octanol–water partition coefficient (Wildman–Crippen LogP) is 0.780. The highest BCUT2D eigenvalue weighted by Gasteiger charge is 2.29. The number of fused-ring (bicyclic) bond motifs is 1. The Balaban J connectivity index is 1.57. The topological polar surface area (TPSA) is 78.5 Å². The average Bonchev–Trinajstić information content (AvgIpc) is 3.13. The van der Waals surface area contributed by atoms with Crippen LogP contribution in [0, 0.1) is 0 Å². The van der Waals surface area contributed by atoms with Crippen LogP contribution in [0.15, 0.2) is 18.2 Å². The van der Waals surface area contributed by atoms with Crippen LogP contribution in [0.2, 0.25) is 0 Å². The van der Waals surface area contributed by atoms with Gasteiger partial charge in [0, 0.05) is 24.8 Å². The lowest BCUT2D eigenvalue weighted by Crippen LogP contribution is -2.42. The van der Waals surface area contributed by atoms with E-state index in [2.05, 4.69) is 33.7 Å². The van der Waals surface area contributed by atoms with Crippen molar-refractivity contribution < 1.29 is 13.2 Å². The van der Waals surface area contributed by atoms with E-state index in [0.717, 1.165) is 19.5 Å². The molecule has 1 aromatic carbocycles. The van der Waals surface area contributed by atoms with Gasteiger partial charge >= 0.3 is 0 Å². The summed E-state index contributed by atoms with van der Waals surface area (Å²) in [6, 6.07) is 6.08. The number of carbonyl (C=O) groups is 1. The van der Waals surface area contributed by atoms with Gasteiger partial charge in [-0.15, -0.1) is 0 Å². The SMILES string of the molecule is CCN(CC(=O)NC1CCS(=O)(=O)C1)Cc1cccc2c1NCC2. The molecule has 1 atom stereocenters.